The Morgan fingerprint density at radius 1 is 0.952 bits per heavy atom. The molecule has 1 heterocycles. The van der Waals surface area contributed by atoms with E-state index in [0.717, 1.165) is 22.4 Å². The van der Waals surface area contributed by atoms with Crippen LogP contribution in [-0.4, -0.2) is 13.4 Å². The molecule has 0 aliphatic heterocycles. The van der Waals surface area contributed by atoms with Crippen molar-refractivity contribution in [1.82, 2.24) is 0 Å². The first-order chi connectivity index (χ1) is 10.3. The number of furan rings is 1. The number of carbonyl (C=O) groups excluding carboxylic acids is 1. The zero-order valence-electron chi connectivity index (χ0n) is 11.6. The molecule has 0 saturated carbocycles. The highest BCUT2D eigenvalue weighted by molar-refractivity contribution is 5.83. The van der Waals surface area contributed by atoms with Crippen LogP contribution < -0.4 is 4.74 Å². The summed E-state index contributed by atoms with van der Waals surface area (Å²) < 4.78 is 10.8. The minimum Gasteiger partial charge on any atom is -0.497 e. The molecule has 104 valence electrons. The molecule has 0 unspecified atom stereocenters. The summed E-state index contributed by atoms with van der Waals surface area (Å²) in [6, 6.07) is 19.3. The number of hydrogen-bond acceptors (Lipinski definition) is 3. The molecular formula is C18H14O3. The molecule has 0 N–H and O–H groups in total. The van der Waals surface area contributed by atoms with Gasteiger partial charge in [0, 0.05) is 5.56 Å². The number of rotatable bonds is 4. The standard InChI is InChI=1S/C18H14O3/c1-20-14-7-9-16(13-5-3-2-4-6-13)17(11-14)18-10-8-15(12-19)21-18/h2-12H,1H3. The van der Waals surface area contributed by atoms with Crippen molar-refractivity contribution in [1.29, 1.82) is 0 Å². The van der Waals surface area contributed by atoms with Crippen LogP contribution in [0.2, 0.25) is 0 Å². The topological polar surface area (TPSA) is 39.4 Å². The van der Waals surface area contributed by atoms with E-state index < -0.39 is 0 Å². The lowest BCUT2D eigenvalue weighted by Gasteiger charge is -2.10. The number of aldehydes is 1. The lowest BCUT2D eigenvalue weighted by Crippen LogP contribution is -1.87. The monoisotopic (exact) mass is 278 g/mol. The van der Waals surface area contributed by atoms with E-state index in [2.05, 4.69) is 0 Å². The third kappa shape index (κ3) is 2.58. The average Bonchev–Trinajstić information content (AvgIpc) is 3.04. The molecule has 0 atom stereocenters. The van der Waals surface area contributed by atoms with Crippen LogP contribution in [0.3, 0.4) is 0 Å². The molecule has 3 nitrogen and oxygen atoms in total. The minimum atomic E-state index is 0.312. The molecule has 0 amide bonds. The predicted octanol–water partition coefficient (Wildman–Crippen LogP) is 4.43. The van der Waals surface area contributed by atoms with Gasteiger partial charge < -0.3 is 9.15 Å². The summed E-state index contributed by atoms with van der Waals surface area (Å²) in [7, 11) is 1.63. The van der Waals surface area contributed by atoms with Crippen molar-refractivity contribution in [2.75, 3.05) is 7.11 Å². The normalized spacial score (nSPS) is 10.3. The lowest BCUT2D eigenvalue weighted by atomic mass is 9.98. The molecule has 1 aromatic heterocycles. The van der Waals surface area contributed by atoms with Gasteiger partial charge in [0.2, 0.25) is 0 Å². The van der Waals surface area contributed by atoms with Crippen molar-refractivity contribution in [3.05, 3.63) is 66.4 Å². The summed E-state index contributed by atoms with van der Waals surface area (Å²) in [5.74, 6) is 1.70. The average molecular weight is 278 g/mol. The van der Waals surface area contributed by atoms with Crippen molar-refractivity contribution in [3.8, 4) is 28.2 Å². The number of hydrogen-bond donors (Lipinski definition) is 0. The van der Waals surface area contributed by atoms with E-state index in [-0.39, 0.29) is 0 Å². The van der Waals surface area contributed by atoms with Gasteiger partial charge >= 0.3 is 0 Å². The predicted molar refractivity (Wildman–Crippen MR) is 81.5 cm³/mol. The van der Waals surface area contributed by atoms with E-state index >= 15 is 0 Å². The smallest absolute Gasteiger partial charge is 0.185 e. The highest BCUT2D eigenvalue weighted by atomic mass is 16.5. The van der Waals surface area contributed by atoms with Crippen molar-refractivity contribution >= 4 is 6.29 Å². The quantitative estimate of drug-likeness (QED) is 0.662. The molecule has 0 saturated heterocycles. The maximum absolute atomic E-state index is 10.8. The van der Waals surface area contributed by atoms with E-state index in [1.54, 1.807) is 19.2 Å². The summed E-state index contributed by atoms with van der Waals surface area (Å²) in [4.78, 5) is 10.8. The fourth-order valence-electron chi connectivity index (χ4n) is 2.28. The third-order valence-corrected chi connectivity index (χ3v) is 3.32. The van der Waals surface area contributed by atoms with Crippen LogP contribution in [0.5, 0.6) is 5.75 Å². The molecule has 3 aromatic rings. The number of benzene rings is 2. The Kier molecular flexibility index (Phi) is 3.56. The van der Waals surface area contributed by atoms with Crippen molar-refractivity contribution in [3.63, 3.8) is 0 Å². The van der Waals surface area contributed by atoms with Crippen molar-refractivity contribution in [2.24, 2.45) is 0 Å². The zero-order valence-corrected chi connectivity index (χ0v) is 11.6. The van der Waals surface area contributed by atoms with Crippen LogP contribution in [0.1, 0.15) is 10.6 Å². The summed E-state index contributed by atoms with van der Waals surface area (Å²) in [6.07, 6.45) is 0.700. The van der Waals surface area contributed by atoms with E-state index in [1.807, 2.05) is 48.5 Å². The van der Waals surface area contributed by atoms with E-state index in [0.29, 0.717) is 17.8 Å². The third-order valence-electron chi connectivity index (χ3n) is 3.32. The lowest BCUT2D eigenvalue weighted by molar-refractivity contribution is 0.110. The molecule has 0 aliphatic rings. The van der Waals surface area contributed by atoms with Gasteiger partial charge in [-0.05, 0) is 41.5 Å². The van der Waals surface area contributed by atoms with Crippen LogP contribution in [0.15, 0.2) is 65.1 Å². The number of methoxy groups -OCH3 is 1. The van der Waals surface area contributed by atoms with E-state index in [1.165, 1.54) is 0 Å². The molecule has 0 bridgehead atoms. The summed E-state index contributed by atoms with van der Waals surface area (Å²) in [5.41, 5.74) is 3.01. The molecule has 3 rings (SSSR count). The Morgan fingerprint density at radius 2 is 1.76 bits per heavy atom. The fourth-order valence-corrected chi connectivity index (χ4v) is 2.28. The first kappa shape index (κ1) is 13.2. The highest BCUT2D eigenvalue weighted by Crippen LogP contribution is 2.35. The molecule has 0 fully saturated rings. The second-order valence-corrected chi connectivity index (χ2v) is 4.60. The second kappa shape index (κ2) is 5.67. The van der Waals surface area contributed by atoms with Crippen molar-refractivity contribution in [2.45, 2.75) is 0 Å². The molecule has 2 aromatic carbocycles. The van der Waals surface area contributed by atoms with Crippen LogP contribution >= 0.6 is 0 Å². The van der Waals surface area contributed by atoms with Gasteiger partial charge in [0.1, 0.15) is 11.5 Å². The Hall–Kier alpha value is -2.81. The van der Waals surface area contributed by atoms with Gasteiger partial charge in [0.05, 0.1) is 7.11 Å². The molecule has 0 radical (unpaired) electrons. The Morgan fingerprint density at radius 3 is 2.43 bits per heavy atom. The highest BCUT2D eigenvalue weighted by Gasteiger charge is 2.12. The molecule has 3 heteroatoms. The van der Waals surface area contributed by atoms with Gasteiger partial charge in [-0.1, -0.05) is 30.3 Å². The first-order valence-electron chi connectivity index (χ1n) is 6.60. The summed E-state index contributed by atoms with van der Waals surface area (Å²) >= 11 is 0. The van der Waals surface area contributed by atoms with Crippen LogP contribution in [0.25, 0.3) is 22.5 Å². The zero-order chi connectivity index (χ0) is 14.7. The summed E-state index contributed by atoms with van der Waals surface area (Å²) in [5, 5.41) is 0. The fraction of sp³-hybridized carbons (Fsp3) is 0.0556. The molecule has 0 aliphatic carbocycles. The van der Waals surface area contributed by atoms with Crippen LogP contribution in [0, 0.1) is 0 Å². The number of ether oxygens (including phenoxy) is 1. The minimum absolute atomic E-state index is 0.312. The molecule has 0 spiro atoms. The summed E-state index contributed by atoms with van der Waals surface area (Å²) in [6.45, 7) is 0. The van der Waals surface area contributed by atoms with Crippen molar-refractivity contribution < 1.29 is 13.9 Å². The molecule has 21 heavy (non-hydrogen) atoms. The van der Waals surface area contributed by atoms with Gasteiger partial charge in [-0.2, -0.15) is 0 Å². The van der Waals surface area contributed by atoms with Crippen LogP contribution in [0.4, 0.5) is 0 Å². The largest absolute Gasteiger partial charge is 0.497 e. The Balaban J connectivity index is 2.18. The van der Waals surface area contributed by atoms with Gasteiger partial charge in [0.15, 0.2) is 12.0 Å². The van der Waals surface area contributed by atoms with Gasteiger partial charge in [-0.25, -0.2) is 0 Å². The van der Waals surface area contributed by atoms with E-state index in [9.17, 15) is 4.79 Å². The molecular weight excluding hydrogens is 264 g/mol. The Labute approximate surface area is 122 Å². The first-order valence-corrected chi connectivity index (χ1v) is 6.60. The maximum Gasteiger partial charge on any atom is 0.185 e. The number of carbonyl (C=O) groups is 1. The maximum atomic E-state index is 10.8. The van der Waals surface area contributed by atoms with Gasteiger partial charge in [0.25, 0.3) is 0 Å². The van der Waals surface area contributed by atoms with Crippen LogP contribution in [-0.2, 0) is 0 Å². The van der Waals surface area contributed by atoms with Gasteiger partial charge in [-0.3, -0.25) is 4.79 Å². The second-order valence-electron chi connectivity index (χ2n) is 4.60. The Bertz CT molecular complexity index is 757. The SMILES string of the molecule is COc1ccc(-c2ccccc2)c(-c2ccc(C=O)o2)c1. The van der Waals surface area contributed by atoms with E-state index in [4.69, 9.17) is 9.15 Å². The van der Waals surface area contributed by atoms with Gasteiger partial charge in [-0.15, -0.1) is 0 Å².